The molecule has 1 aliphatic carbocycles. The van der Waals surface area contributed by atoms with E-state index in [-0.39, 0.29) is 17.1 Å². The lowest BCUT2D eigenvalue weighted by Crippen LogP contribution is -2.36. The molecule has 1 aromatic rings. The summed E-state index contributed by atoms with van der Waals surface area (Å²) in [6, 6.07) is 3.04. The van der Waals surface area contributed by atoms with Gasteiger partial charge in [0.1, 0.15) is 6.17 Å². The molecule has 0 atom stereocenters. The molecular formula is C13H16ClF2NO. The standard InChI is InChI=1S/C13H16ClF2NO/c14-11-8(1-2-10(17)12(11)16)7-13(18)5-3-9(15)4-6-13/h1-2,9,18H,3-7,17H2. The van der Waals surface area contributed by atoms with Gasteiger partial charge in [0.25, 0.3) is 0 Å². The van der Waals surface area contributed by atoms with E-state index in [0.29, 0.717) is 31.2 Å². The molecule has 0 unspecified atom stereocenters. The molecule has 0 amide bonds. The van der Waals surface area contributed by atoms with Crippen molar-refractivity contribution in [3.05, 3.63) is 28.5 Å². The number of aliphatic hydroxyl groups is 1. The highest BCUT2D eigenvalue weighted by Crippen LogP contribution is 2.35. The van der Waals surface area contributed by atoms with Gasteiger partial charge in [-0.25, -0.2) is 8.78 Å². The average molecular weight is 276 g/mol. The Morgan fingerprint density at radius 3 is 2.61 bits per heavy atom. The van der Waals surface area contributed by atoms with Gasteiger partial charge in [0, 0.05) is 6.42 Å². The molecule has 0 radical (unpaired) electrons. The number of halogens is 3. The fourth-order valence-electron chi connectivity index (χ4n) is 2.39. The van der Waals surface area contributed by atoms with Crippen LogP contribution >= 0.6 is 11.6 Å². The zero-order valence-electron chi connectivity index (χ0n) is 9.93. The first-order valence-corrected chi connectivity index (χ1v) is 6.38. The van der Waals surface area contributed by atoms with Gasteiger partial charge in [0.05, 0.1) is 16.3 Å². The van der Waals surface area contributed by atoms with Crippen molar-refractivity contribution in [1.82, 2.24) is 0 Å². The summed E-state index contributed by atoms with van der Waals surface area (Å²) in [6.07, 6.45) is 0.809. The summed E-state index contributed by atoms with van der Waals surface area (Å²) in [5.41, 5.74) is 4.92. The molecule has 0 heterocycles. The minimum absolute atomic E-state index is 0.0109. The zero-order chi connectivity index (χ0) is 13.3. The molecule has 0 aliphatic heterocycles. The molecule has 0 bridgehead atoms. The van der Waals surface area contributed by atoms with Crippen LogP contribution in [0.4, 0.5) is 14.5 Å². The third kappa shape index (κ3) is 2.75. The van der Waals surface area contributed by atoms with Gasteiger partial charge in [-0.1, -0.05) is 17.7 Å². The maximum absolute atomic E-state index is 13.5. The van der Waals surface area contributed by atoms with Gasteiger partial charge in [0.2, 0.25) is 0 Å². The second-order valence-corrected chi connectivity index (χ2v) is 5.40. The number of benzene rings is 1. The molecule has 5 heteroatoms. The Morgan fingerprint density at radius 2 is 2.00 bits per heavy atom. The summed E-state index contributed by atoms with van der Waals surface area (Å²) in [6.45, 7) is 0. The SMILES string of the molecule is Nc1ccc(CC2(O)CCC(F)CC2)c(Cl)c1F. The van der Waals surface area contributed by atoms with Gasteiger partial charge in [-0.15, -0.1) is 0 Å². The summed E-state index contributed by atoms with van der Waals surface area (Å²) in [5, 5.41) is 10.3. The molecule has 2 rings (SSSR count). The third-order valence-corrected chi connectivity index (χ3v) is 3.97. The molecule has 3 N–H and O–H groups in total. The molecular weight excluding hydrogens is 260 g/mol. The minimum Gasteiger partial charge on any atom is -0.396 e. The summed E-state index contributed by atoms with van der Waals surface area (Å²) in [5.74, 6) is -0.656. The highest BCUT2D eigenvalue weighted by atomic mass is 35.5. The van der Waals surface area contributed by atoms with Crippen LogP contribution in [0.25, 0.3) is 0 Å². The largest absolute Gasteiger partial charge is 0.396 e. The molecule has 0 aromatic heterocycles. The van der Waals surface area contributed by atoms with E-state index < -0.39 is 17.6 Å². The first-order valence-electron chi connectivity index (χ1n) is 6.00. The van der Waals surface area contributed by atoms with Crippen LogP contribution in [0.15, 0.2) is 12.1 Å². The van der Waals surface area contributed by atoms with Crippen molar-refractivity contribution in [2.45, 2.75) is 43.9 Å². The number of alkyl halides is 1. The van der Waals surface area contributed by atoms with Crippen molar-refractivity contribution in [3.63, 3.8) is 0 Å². The third-order valence-electron chi connectivity index (χ3n) is 3.56. The van der Waals surface area contributed by atoms with Gasteiger partial charge >= 0.3 is 0 Å². The fraction of sp³-hybridized carbons (Fsp3) is 0.538. The van der Waals surface area contributed by atoms with Crippen LogP contribution < -0.4 is 5.73 Å². The number of anilines is 1. The van der Waals surface area contributed by atoms with Crippen molar-refractivity contribution >= 4 is 17.3 Å². The Bertz CT molecular complexity index is 445. The zero-order valence-corrected chi connectivity index (χ0v) is 10.7. The van der Waals surface area contributed by atoms with Gasteiger partial charge in [-0.3, -0.25) is 0 Å². The number of rotatable bonds is 2. The lowest BCUT2D eigenvalue weighted by molar-refractivity contribution is -0.0143. The average Bonchev–Trinajstić information content (AvgIpc) is 2.34. The van der Waals surface area contributed by atoms with E-state index in [1.165, 1.54) is 6.07 Å². The highest BCUT2D eigenvalue weighted by molar-refractivity contribution is 6.31. The van der Waals surface area contributed by atoms with Crippen LogP contribution in [0.5, 0.6) is 0 Å². The molecule has 100 valence electrons. The van der Waals surface area contributed by atoms with Crippen molar-refractivity contribution in [2.24, 2.45) is 0 Å². The molecule has 0 saturated heterocycles. The van der Waals surface area contributed by atoms with E-state index in [1.807, 2.05) is 0 Å². The molecule has 1 fully saturated rings. The number of nitrogen functional groups attached to an aromatic ring is 1. The predicted molar refractivity (Wildman–Crippen MR) is 67.8 cm³/mol. The monoisotopic (exact) mass is 275 g/mol. The minimum atomic E-state index is -0.991. The van der Waals surface area contributed by atoms with E-state index in [4.69, 9.17) is 17.3 Å². The summed E-state index contributed by atoms with van der Waals surface area (Å²) < 4.78 is 26.6. The highest BCUT2D eigenvalue weighted by Gasteiger charge is 2.34. The van der Waals surface area contributed by atoms with Crippen LogP contribution in [0.3, 0.4) is 0 Å². The second kappa shape index (κ2) is 5.02. The number of hydrogen-bond acceptors (Lipinski definition) is 2. The summed E-state index contributed by atoms with van der Waals surface area (Å²) in [7, 11) is 0. The van der Waals surface area contributed by atoms with E-state index in [0.717, 1.165) is 0 Å². The van der Waals surface area contributed by atoms with Crippen LogP contribution in [-0.4, -0.2) is 16.9 Å². The van der Waals surface area contributed by atoms with Crippen molar-refractivity contribution < 1.29 is 13.9 Å². The lowest BCUT2D eigenvalue weighted by atomic mass is 9.80. The van der Waals surface area contributed by atoms with Crippen molar-refractivity contribution in [3.8, 4) is 0 Å². The quantitative estimate of drug-likeness (QED) is 0.814. The molecule has 1 saturated carbocycles. The smallest absolute Gasteiger partial charge is 0.164 e. The number of hydrogen-bond donors (Lipinski definition) is 2. The maximum atomic E-state index is 13.5. The van der Waals surface area contributed by atoms with Crippen LogP contribution in [0, 0.1) is 5.82 Å². The van der Waals surface area contributed by atoms with Gasteiger partial charge in [0.15, 0.2) is 5.82 Å². The van der Waals surface area contributed by atoms with E-state index in [1.54, 1.807) is 6.07 Å². The van der Waals surface area contributed by atoms with Crippen molar-refractivity contribution in [1.29, 1.82) is 0 Å². The molecule has 1 aromatic carbocycles. The first-order chi connectivity index (χ1) is 8.41. The van der Waals surface area contributed by atoms with Gasteiger partial charge in [-0.05, 0) is 37.3 Å². The molecule has 18 heavy (non-hydrogen) atoms. The Balaban J connectivity index is 2.17. The predicted octanol–water partition coefficient (Wildman–Crippen LogP) is 3.25. The number of nitrogens with two attached hydrogens (primary N) is 1. The second-order valence-electron chi connectivity index (χ2n) is 5.02. The fourth-order valence-corrected chi connectivity index (χ4v) is 2.63. The van der Waals surface area contributed by atoms with Crippen LogP contribution in [0.2, 0.25) is 5.02 Å². The van der Waals surface area contributed by atoms with Gasteiger partial charge in [-0.2, -0.15) is 0 Å². The van der Waals surface area contributed by atoms with Crippen molar-refractivity contribution in [2.75, 3.05) is 5.73 Å². The molecule has 1 aliphatic rings. The topological polar surface area (TPSA) is 46.2 Å². The van der Waals surface area contributed by atoms with E-state index in [2.05, 4.69) is 0 Å². The van der Waals surface area contributed by atoms with Crippen LogP contribution in [-0.2, 0) is 6.42 Å². The summed E-state index contributed by atoms with van der Waals surface area (Å²) in [4.78, 5) is 0. The van der Waals surface area contributed by atoms with E-state index >= 15 is 0 Å². The first kappa shape index (κ1) is 13.6. The van der Waals surface area contributed by atoms with Crippen LogP contribution in [0.1, 0.15) is 31.2 Å². The molecule has 2 nitrogen and oxygen atoms in total. The normalized spacial score (nSPS) is 28.3. The Morgan fingerprint density at radius 1 is 1.39 bits per heavy atom. The molecule has 0 spiro atoms. The maximum Gasteiger partial charge on any atom is 0.164 e. The lowest BCUT2D eigenvalue weighted by Gasteiger charge is -2.34. The Hall–Kier alpha value is -0.870. The summed E-state index contributed by atoms with van der Waals surface area (Å²) >= 11 is 5.87. The van der Waals surface area contributed by atoms with Gasteiger partial charge < -0.3 is 10.8 Å². The van der Waals surface area contributed by atoms with E-state index in [9.17, 15) is 13.9 Å². The Kier molecular flexibility index (Phi) is 3.78. The Labute approximate surface area is 110 Å².